The van der Waals surface area contributed by atoms with E-state index in [4.69, 9.17) is 14.2 Å². The van der Waals surface area contributed by atoms with Crippen molar-refractivity contribution in [1.29, 1.82) is 0 Å². The van der Waals surface area contributed by atoms with Gasteiger partial charge in [-0.2, -0.15) is 11.8 Å². The third-order valence-electron chi connectivity index (χ3n) is 8.89. The van der Waals surface area contributed by atoms with E-state index in [2.05, 4.69) is 29.1 Å². The number of carbonyl (C=O) groups is 4. The van der Waals surface area contributed by atoms with E-state index in [1.165, 1.54) is 6.08 Å². The van der Waals surface area contributed by atoms with Crippen LogP contribution in [-0.4, -0.2) is 66.1 Å². The highest BCUT2D eigenvalue weighted by molar-refractivity contribution is 7.98. The Kier molecular flexibility index (Phi) is 19.7. The number of hydrogen-bond acceptors (Lipinski definition) is 9. The quantitative estimate of drug-likeness (QED) is 0.0424. The molecule has 4 aromatic carbocycles. The monoisotopic (exact) mass is 807 g/mol. The molecule has 0 saturated heterocycles. The van der Waals surface area contributed by atoms with Gasteiger partial charge >= 0.3 is 12.1 Å². The van der Waals surface area contributed by atoms with Gasteiger partial charge in [0, 0.05) is 17.9 Å². The molecule has 0 spiro atoms. The minimum absolute atomic E-state index is 0.0271. The molecule has 0 bridgehead atoms. The Bertz CT molecular complexity index is 1860. The highest BCUT2D eigenvalue weighted by Crippen LogP contribution is 2.18. The van der Waals surface area contributed by atoms with Gasteiger partial charge in [-0.25, -0.2) is 9.59 Å². The van der Waals surface area contributed by atoms with Gasteiger partial charge in [0.25, 0.3) is 0 Å². The zero-order valence-corrected chi connectivity index (χ0v) is 33.4. The molecule has 4 N–H and O–H groups in total. The zero-order valence-electron chi connectivity index (χ0n) is 32.6. The fourth-order valence-corrected chi connectivity index (χ4v) is 6.83. The van der Waals surface area contributed by atoms with Crippen molar-refractivity contribution in [2.75, 3.05) is 19.0 Å². The summed E-state index contributed by atoms with van der Waals surface area (Å²) in [4.78, 5) is 52.7. The van der Waals surface area contributed by atoms with Crippen LogP contribution in [0.4, 0.5) is 4.79 Å². The van der Waals surface area contributed by atoms with Crippen LogP contribution in [0, 0.1) is 5.92 Å². The summed E-state index contributed by atoms with van der Waals surface area (Å²) in [5, 5.41) is 18.5. The van der Waals surface area contributed by atoms with E-state index in [0.29, 0.717) is 30.3 Å². The van der Waals surface area contributed by atoms with Crippen molar-refractivity contribution in [1.82, 2.24) is 16.0 Å². The van der Waals surface area contributed by atoms with Crippen LogP contribution in [0.2, 0.25) is 0 Å². The van der Waals surface area contributed by atoms with Gasteiger partial charge in [-0.05, 0) is 53.6 Å². The van der Waals surface area contributed by atoms with Crippen molar-refractivity contribution in [3.63, 3.8) is 0 Å². The molecule has 0 heterocycles. The van der Waals surface area contributed by atoms with Crippen LogP contribution < -0.4 is 20.7 Å². The molecule has 58 heavy (non-hydrogen) atoms. The molecule has 0 aliphatic carbocycles. The van der Waals surface area contributed by atoms with Crippen LogP contribution in [-0.2, 0) is 49.2 Å². The second-order valence-electron chi connectivity index (χ2n) is 13.6. The van der Waals surface area contributed by atoms with E-state index in [-0.39, 0.29) is 39.1 Å². The number of nitrogens with one attached hydrogen (secondary N) is 3. The molecule has 0 unspecified atom stereocenters. The smallest absolute Gasteiger partial charge is 0.408 e. The molecule has 4 aromatic rings. The van der Waals surface area contributed by atoms with Crippen molar-refractivity contribution in [3.8, 4) is 5.75 Å². The minimum atomic E-state index is -1.06. The van der Waals surface area contributed by atoms with Crippen molar-refractivity contribution >= 4 is 35.6 Å². The van der Waals surface area contributed by atoms with E-state index in [9.17, 15) is 24.3 Å². The molecule has 4 atom stereocenters. The lowest BCUT2D eigenvalue weighted by Crippen LogP contribution is -2.47. The largest absolute Gasteiger partial charge is 0.489 e. The van der Waals surface area contributed by atoms with Crippen molar-refractivity contribution in [2.24, 2.45) is 5.92 Å². The van der Waals surface area contributed by atoms with Gasteiger partial charge in [0.2, 0.25) is 11.8 Å². The third kappa shape index (κ3) is 16.7. The zero-order chi connectivity index (χ0) is 41.4. The van der Waals surface area contributed by atoms with Crippen molar-refractivity contribution in [2.45, 2.75) is 62.8 Å². The summed E-state index contributed by atoms with van der Waals surface area (Å²) in [6, 6.07) is 34.0. The van der Waals surface area contributed by atoms with Crippen LogP contribution in [0.25, 0.3) is 0 Å². The average Bonchev–Trinajstić information content (AvgIpc) is 3.25. The molecule has 12 heteroatoms. The summed E-state index contributed by atoms with van der Waals surface area (Å²) in [5.41, 5.74) is 3.83. The predicted octanol–water partition coefficient (Wildman–Crippen LogP) is 6.70. The number of aliphatic hydroxyl groups excluding tert-OH is 1. The predicted molar refractivity (Wildman–Crippen MR) is 227 cm³/mol. The second kappa shape index (κ2) is 25.4. The van der Waals surface area contributed by atoms with Gasteiger partial charge < -0.3 is 35.3 Å². The standard InChI is InChI=1S/C46H53N3O8S/c1-3-14-38(27-43(51)47-39(28-50)26-34-22-24-41(25-23-34)55-29-35-16-8-5-9-17-35)44(52)48-40(33-58-32-37-20-12-7-13-21-37)31-56-45(53)42(15-4-2)49-46(54)57-30-36-18-10-6-11-19-36/h3-13,16-25,38-40,42,50H,1-2,14-15,26-33H2,(H,47,51)(H,48,52)(H,49,54)/t38-,39+,40-,42-/m1/s1. The molecule has 4 rings (SSSR count). The molecule has 0 radical (unpaired) electrons. The lowest BCUT2D eigenvalue weighted by molar-refractivity contribution is -0.147. The number of benzene rings is 4. The van der Waals surface area contributed by atoms with E-state index in [1.807, 2.05) is 115 Å². The maximum absolute atomic E-state index is 13.7. The molecule has 0 saturated carbocycles. The van der Waals surface area contributed by atoms with Gasteiger partial charge in [-0.3, -0.25) is 9.59 Å². The summed E-state index contributed by atoms with van der Waals surface area (Å²) in [5.74, 6) is -0.549. The number of allylic oxidation sites excluding steroid dienone is 1. The molecule has 0 aliphatic heterocycles. The van der Waals surface area contributed by atoms with Crippen molar-refractivity contribution < 1.29 is 38.5 Å². The molecule has 3 amide bonds. The number of hydrogen-bond donors (Lipinski definition) is 4. The minimum Gasteiger partial charge on any atom is -0.489 e. The first-order valence-corrected chi connectivity index (χ1v) is 20.3. The number of ether oxygens (including phenoxy) is 3. The Labute approximate surface area is 345 Å². The Morgan fingerprint density at radius 2 is 1.28 bits per heavy atom. The number of aliphatic hydroxyl groups is 1. The first kappa shape index (κ1) is 44.9. The van der Waals surface area contributed by atoms with Crippen LogP contribution >= 0.6 is 11.8 Å². The van der Waals surface area contributed by atoms with Gasteiger partial charge in [-0.1, -0.05) is 115 Å². The van der Waals surface area contributed by atoms with Gasteiger partial charge in [-0.15, -0.1) is 13.2 Å². The Hall–Kier alpha value is -5.85. The first-order chi connectivity index (χ1) is 28.3. The maximum atomic E-state index is 13.7. The molecule has 0 fully saturated rings. The normalized spacial score (nSPS) is 12.8. The van der Waals surface area contributed by atoms with Gasteiger partial charge in [0.05, 0.1) is 24.6 Å². The van der Waals surface area contributed by atoms with Crippen molar-refractivity contribution in [3.05, 3.63) is 163 Å². The van der Waals surface area contributed by atoms with Crippen LogP contribution in [0.5, 0.6) is 5.75 Å². The third-order valence-corrected chi connectivity index (χ3v) is 10.1. The second-order valence-corrected chi connectivity index (χ2v) is 14.6. The maximum Gasteiger partial charge on any atom is 0.408 e. The summed E-state index contributed by atoms with van der Waals surface area (Å²) in [6.07, 6.45) is 2.81. The Morgan fingerprint density at radius 3 is 1.88 bits per heavy atom. The SMILES string of the molecule is C=CC[C@H](CC(=O)N[C@H](CO)Cc1ccc(OCc2ccccc2)cc1)C(=O)N[C@H](COC(=O)[C@@H](CC=C)NC(=O)OCc1ccccc1)CSCc1ccccc1. The lowest BCUT2D eigenvalue weighted by Gasteiger charge is -2.24. The van der Waals surface area contributed by atoms with Crippen LogP contribution in [0.3, 0.4) is 0 Å². The average molecular weight is 808 g/mol. The molecule has 306 valence electrons. The first-order valence-electron chi connectivity index (χ1n) is 19.2. The molecular weight excluding hydrogens is 755 g/mol. The van der Waals surface area contributed by atoms with Crippen LogP contribution in [0.15, 0.2) is 141 Å². The van der Waals surface area contributed by atoms with Crippen LogP contribution in [0.1, 0.15) is 41.5 Å². The highest BCUT2D eigenvalue weighted by atomic mass is 32.2. The fraction of sp³-hybridized carbons (Fsp3) is 0.304. The Morgan fingerprint density at radius 1 is 0.672 bits per heavy atom. The summed E-state index contributed by atoms with van der Waals surface area (Å²) in [6.45, 7) is 7.46. The van der Waals surface area contributed by atoms with E-state index < -0.39 is 47.9 Å². The number of alkyl carbamates (subject to hydrolysis) is 1. The van der Waals surface area contributed by atoms with Gasteiger partial charge in [0.15, 0.2) is 0 Å². The molecular formula is C46H53N3O8S. The fourth-order valence-electron chi connectivity index (χ4n) is 5.82. The number of carbonyl (C=O) groups excluding carboxylic acids is 4. The summed E-state index contributed by atoms with van der Waals surface area (Å²) < 4.78 is 16.8. The number of thioether (sulfide) groups is 1. The number of esters is 1. The van der Waals surface area contributed by atoms with E-state index in [0.717, 1.165) is 22.3 Å². The van der Waals surface area contributed by atoms with E-state index >= 15 is 0 Å². The van der Waals surface area contributed by atoms with Gasteiger partial charge in [0.1, 0.15) is 31.6 Å². The molecule has 0 aliphatic rings. The Balaban J connectivity index is 1.32. The molecule has 0 aromatic heterocycles. The van der Waals surface area contributed by atoms with E-state index in [1.54, 1.807) is 17.8 Å². The summed E-state index contributed by atoms with van der Waals surface area (Å²) >= 11 is 1.55. The number of amides is 3. The summed E-state index contributed by atoms with van der Waals surface area (Å²) in [7, 11) is 0. The number of rotatable bonds is 25. The molecule has 11 nitrogen and oxygen atoms in total. The topological polar surface area (TPSA) is 152 Å². The lowest BCUT2D eigenvalue weighted by atomic mass is 9.98. The highest BCUT2D eigenvalue weighted by Gasteiger charge is 2.27.